The monoisotopic (exact) mass is 351 g/mol. The SMILES string of the molecule is Cc1ccc(NCc2cccc(OCc3ccc(Cl)cc3)c2)c(C)c1. The van der Waals surface area contributed by atoms with Gasteiger partial charge in [-0.25, -0.2) is 0 Å². The summed E-state index contributed by atoms with van der Waals surface area (Å²) in [5.74, 6) is 0.870. The molecule has 1 N–H and O–H groups in total. The second-order valence-corrected chi connectivity index (χ2v) is 6.67. The molecule has 0 amide bonds. The second kappa shape index (κ2) is 8.09. The van der Waals surface area contributed by atoms with Crippen LogP contribution in [0.1, 0.15) is 22.3 Å². The summed E-state index contributed by atoms with van der Waals surface area (Å²) in [6.07, 6.45) is 0. The lowest BCUT2D eigenvalue weighted by Gasteiger charge is -2.12. The maximum Gasteiger partial charge on any atom is 0.120 e. The van der Waals surface area contributed by atoms with Crippen LogP contribution in [0, 0.1) is 13.8 Å². The first-order valence-electron chi connectivity index (χ1n) is 8.37. The molecule has 3 aromatic rings. The minimum Gasteiger partial charge on any atom is -0.489 e. The normalized spacial score (nSPS) is 10.5. The molecule has 25 heavy (non-hydrogen) atoms. The van der Waals surface area contributed by atoms with Gasteiger partial charge in [0.25, 0.3) is 0 Å². The van der Waals surface area contributed by atoms with Gasteiger partial charge in [0.1, 0.15) is 12.4 Å². The van der Waals surface area contributed by atoms with Gasteiger partial charge < -0.3 is 10.1 Å². The van der Waals surface area contributed by atoms with Crippen LogP contribution in [-0.4, -0.2) is 0 Å². The van der Waals surface area contributed by atoms with E-state index in [9.17, 15) is 0 Å². The lowest BCUT2D eigenvalue weighted by molar-refractivity contribution is 0.306. The molecule has 0 saturated carbocycles. The molecule has 3 heteroatoms. The average molecular weight is 352 g/mol. The van der Waals surface area contributed by atoms with E-state index < -0.39 is 0 Å². The van der Waals surface area contributed by atoms with E-state index in [0.29, 0.717) is 6.61 Å². The number of nitrogens with one attached hydrogen (secondary N) is 1. The average Bonchev–Trinajstić information content (AvgIpc) is 2.61. The zero-order valence-corrected chi connectivity index (χ0v) is 15.3. The molecule has 0 aliphatic carbocycles. The summed E-state index contributed by atoms with van der Waals surface area (Å²) in [5.41, 5.74) is 5.99. The molecule has 0 heterocycles. The number of benzene rings is 3. The molecule has 0 radical (unpaired) electrons. The molecule has 0 saturated heterocycles. The summed E-state index contributed by atoms with van der Waals surface area (Å²) in [6, 6.07) is 22.3. The van der Waals surface area contributed by atoms with E-state index in [2.05, 4.69) is 49.5 Å². The fourth-order valence-corrected chi connectivity index (χ4v) is 2.83. The summed E-state index contributed by atoms with van der Waals surface area (Å²) >= 11 is 5.91. The van der Waals surface area contributed by atoms with Crippen LogP contribution in [0.5, 0.6) is 5.75 Å². The third-order valence-electron chi connectivity index (χ3n) is 4.08. The predicted octanol–water partition coefficient (Wildman–Crippen LogP) is 6.15. The van der Waals surface area contributed by atoms with Gasteiger partial charge in [0, 0.05) is 17.3 Å². The maximum atomic E-state index is 5.91. The molecular formula is C22H22ClNO. The van der Waals surface area contributed by atoms with Crippen molar-refractivity contribution < 1.29 is 4.74 Å². The zero-order valence-electron chi connectivity index (χ0n) is 14.6. The van der Waals surface area contributed by atoms with Gasteiger partial charge >= 0.3 is 0 Å². The van der Waals surface area contributed by atoms with Crippen LogP contribution in [0.4, 0.5) is 5.69 Å². The van der Waals surface area contributed by atoms with Gasteiger partial charge in [0.2, 0.25) is 0 Å². The fourth-order valence-electron chi connectivity index (χ4n) is 2.70. The number of rotatable bonds is 6. The summed E-state index contributed by atoms with van der Waals surface area (Å²) < 4.78 is 5.89. The first-order valence-corrected chi connectivity index (χ1v) is 8.75. The van der Waals surface area contributed by atoms with Crippen molar-refractivity contribution in [3.63, 3.8) is 0 Å². The number of hydrogen-bond acceptors (Lipinski definition) is 2. The van der Waals surface area contributed by atoms with E-state index in [1.165, 1.54) is 16.7 Å². The molecule has 0 aromatic heterocycles. The third kappa shape index (κ3) is 5.01. The van der Waals surface area contributed by atoms with E-state index in [1.807, 2.05) is 36.4 Å². The Bertz CT molecular complexity index is 843. The summed E-state index contributed by atoms with van der Waals surface area (Å²) in [4.78, 5) is 0. The summed E-state index contributed by atoms with van der Waals surface area (Å²) in [7, 11) is 0. The van der Waals surface area contributed by atoms with Crippen molar-refractivity contribution in [2.75, 3.05) is 5.32 Å². The number of aryl methyl sites for hydroxylation is 2. The summed E-state index contributed by atoms with van der Waals surface area (Å²) in [6.45, 7) is 5.53. The highest BCUT2D eigenvalue weighted by molar-refractivity contribution is 6.30. The lowest BCUT2D eigenvalue weighted by Crippen LogP contribution is -2.02. The molecule has 0 bridgehead atoms. The first kappa shape index (κ1) is 17.4. The highest BCUT2D eigenvalue weighted by atomic mass is 35.5. The van der Waals surface area contributed by atoms with Gasteiger partial charge in [-0.2, -0.15) is 0 Å². The van der Waals surface area contributed by atoms with Crippen LogP contribution in [0.25, 0.3) is 0 Å². The Hall–Kier alpha value is -2.45. The molecule has 3 rings (SSSR count). The molecule has 0 spiro atoms. The lowest BCUT2D eigenvalue weighted by atomic mass is 10.1. The Balaban J connectivity index is 1.60. The molecule has 3 aromatic carbocycles. The second-order valence-electron chi connectivity index (χ2n) is 6.23. The minimum absolute atomic E-state index is 0.533. The van der Waals surface area contributed by atoms with Gasteiger partial charge in [0.05, 0.1) is 0 Å². The van der Waals surface area contributed by atoms with E-state index >= 15 is 0 Å². The quantitative estimate of drug-likeness (QED) is 0.575. The Labute approximate surface area is 154 Å². The number of halogens is 1. The van der Waals surface area contributed by atoms with Crippen molar-refractivity contribution >= 4 is 17.3 Å². The van der Waals surface area contributed by atoms with Crippen LogP contribution >= 0.6 is 11.6 Å². The molecule has 0 atom stereocenters. The number of hydrogen-bond donors (Lipinski definition) is 1. The molecule has 0 unspecified atom stereocenters. The van der Waals surface area contributed by atoms with E-state index in [1.54, 1.807) is 0 Å². The Kier molecular flexibility index (Phi) is 5.62. The highest BCUT2D eigenvalue weighted by Crippen LogP contribution is 2.20. The van der Waals surface area contributed by atoms with Gasteiger partial charge in [-0.1, -0.05) is 53.6 Å². The molecule has 128 valence electrons. The Morgan fingerprint density at radius 1 is 0.880 bits per heavy atom. The van der Waals surface area contributed by atoms with Crippen molar-refractivity contribution in [3.05, 3.63) is 94.0 Å². The fraction of sp³-hybridized carbons (Fsp3) is 0.182. The predicted molar refractivity (Wildman–Crippen MR) is 105 cm³/mol. The molecule has 0 aliphatic rings. The topological polar surface area (TPSA) is 21.3 Å². The van der Waals surface area contributed by atoms with Gasteiger partial charge in [-0.15, -0.1) is 0 Å². The van der Waals surface area contributed by atoms with Crippen molar-refractivity contribution in [3.8, 4) is 5.75 Å². The zero-order chi connectivity index (χ0) is 17.6. The van der Waals surface area contributed by atoms with E-state index in [4.69, 9.17) is 16.3 Å². The van der Waals surface area contributed by atoms with Gasteiger partial charge in [-0.3, -0.25) is 0 Å². The van der Waals surface area contributed by atoms with Crippen molar-refractivity contribution in [2.24, 2.45) is 0 Å². The first-order chi connectivity index (χ1) is 12.1. The largest absolute Gasteiger partial charge is 0.489 e. The highest BCUT2D eigenvalue weighted by Gasteiger charge is 2.01. The van der Waals surface area contributed by atoms with Crippen LogP contribution in [0.15, 0.2) is 66.7 Å². The van der Waals surface area contributed by atoms with Crippen molar-refractivity contribution in [2.45, 2.75) is 27.0 Å². The third-order valence-corrected chi connectivity index (χ3v) is 4.33. The summed E-state index contributed by atoms with van der Waals surface area (Å²) in [5, 5.41) is 4.23. The van der Waals surface area contributed by atoms with Crippen molar-refractivity contribution in [1.29, 1.82) is 0 Å². The van der Waals surface area contributed by atoms with Crippen LogP contribution in [-0.2, 0) is 13.2 Å². The van der Waals surface area contributed by atoms with Gasteiger partial charge in [-0.05, 0) is 60.9 Å². The van der Waals surface area contributed by atoms with Crippen LogP contribution < -0.4 is 10.1 Å². The molecule has 2 nitrogen and oxygen atoms in total. The standard InChI is InChI=1S/C22H22ClNO/c1-16-6-11-22(17(2)12-16)24-14-19-4-3-5-21(13-19)25-15-18-7-9-20(23)10-8-18/h3-13,24H,14-15H2,1-2H3. The number of ether oxygens (including phenoxy) is 1. The smallest absolute Gasteiger partial charge is 0.120 e. The van der Waals surface area contributed by atoms with Crippen LogP contribution in [0.2, 0.25) is 5.02 Å². The van der Waals surface area contributed by atoms with E-state index in [0.717, 1.165) is 28.6 Å². The molecular weight excluding hydrogens is 330 g/mol. The molecule has 0 aliphatic heterocycles. The maximum absolute atomic E-state index is 5.91. The van der Waals surface area contributed by atoms with Gasteiger partial charge in [0.15, 0.2) is 0 Å². The number of anilines is 1. The van der Waals surface area contributed by atoms with Crippen LogP contribution in [0.3, 0.4) is 0 Å². The molecule has 0 fully saturated rings. The minimum atomic E-state index is 0.533. The van der Waals surface area contributed by atoms with E-state index in [-0.39, 0.29) is 0 Å². The Morgan fingerprint density at radius 3 is 2.44 bits per heavy atom. The Morgan fingerprint density at radius 2 is 1.68 bits per heavy atom. The van der Waals surface area contributed by atoms with Crippen molar-refractivity contribution in [1.82, 2.24) is 0 Å².